The molecule has 7 rings (SSSR count). The van der Waals surface area contributed by atoms with Crippen LogP contribution in [0.1, 0.15) is 16.9 Å². The second-order valence-corrected chi connectivity index (χ2v) is 10.6. The van der Waals surface area contributed by atoms with E-state index in [1.54, 1.807) is 18.0 Å². The fraction of sp³-hybridized carbons (Fsp3) is 0.370. The van der Waals surface area contributed by atoms with Gasteiger partial charge in [0.15, 0.2) is 0 Å². The number of pyridine rings is 1. The maximum absolute atomic E-state index is 5.72. The zero-order valence-corrected chi connectivity index (χ0v) is 22.9. The summed E-state index contributed by atoms with van der Waals surface area (Å²) in [6, 6.07) is 10.00. The van der Waals surface area contributed by atoms with E-state index in [-0.39, 0.29) is 0 Å². The van der Waals surface area contributed by atoms with E-state index in [0.717, 1.165) is 83.8 Å². The molecular weight excluding hydrogens is 530 g/mol. The molecule has 1 N–H and O–H groups in total. The first-order valence-electron chi connectivity index (χ1n) is 13.3. The van der Waals surface area contributed by atoms with Gasteiger partial charge in [-0.25, -0.2) is 9.97 Å². The molecule has 0 amide bonds. The largest absolute Gasteiger partial charge is 0.494 e. The van der Waals surface area contributed by atoms with Gasteiger partial charge >= 0.3 is 0 Å². The van der Waals surface area contributed by atoms with Crippen molar-refractivity contribution >= 4 is 28.2 Å². The van der Waals surface area contributed by atoms with Crippen molar-refractivity contribution < 1.29 is 14.2 Å². The number of fused-ring (bicyclic) bond motifs is 1. The van der Waals surface area contributed by atoms with E-state index in [9.17, 15) is 0 Å². The molecule has 2 fully saturated rings. The van der Waals surface area contributed by atoms with E-state index in [1.807, 2.05) is 35.7 Å². The number of nitrogens with zero attached hydrogens (tertiary/aromatic N) is 8. The highest BCUT2D eigenvalue weighted by atomic mass is 32.1. The van der Waals surface area contributed by atoms with E-state index in [1.165, 1.54) is 16.9 Å². The minimum Gasteiger partial charge on any atom is -0.494 e. The number of aromatic nitrogens is 7. The number of H-pyrrole nitrogens is 1. The number of hydrogen-bond donors (Lipinski definition) is 1. The van der Waals surface area contributed by atoms with Gasteiger partial charge in [0.1, 0.15) is 22.1 Å². The smallest absolute Gasteiger partial charge is 0.250 e. The van der Waals surface area contributed by atoms with Gasteiger partial charge in [0.2, 0.25) is 12.2 Å². The molecular formula is C27H29N9O3S. The standard InChI is InChI=1S/C27H29N9O3S/c1-37-21-16-29-23(20-17-40-25(30-20)26-38-13-14-39-26)24-22(21)18(15-28-24)7-8-34-9-11-35(12-10-34)27-31-32-33-36(27)19-5-3-2-4-6-19/h2-6,15-17,26,28H,7-14H2,1H3. The Bertz CT molecular complexity index is 1590. The Kier molecular flexibility index (Phi) is 6.85. The third-order valence-corrected chi connectivity index (χ3v) is 8.24. The average Bonchev–Trinajstić information content (AvgIpc) is 3.83. The van der Waals surface area contributed by atoms with Crippen molar-refractivity contribution in [1.29, 1.82) is 0 Å². The molecule has 6 heterocycles. The van der Waals surface area contributed by atoms with Crippen molar-refractivity contribution in [2.75, 3.05) is 57.9 Å². The normalized spacial score (nSPS) is 16.8. The molecule has 4 aromatic heterocycles. The molecule has 12 nitrogen and oxygen atoms in total. The van der Waals surface area contributed by atoms with Crippen LogP contribution in [0.25, 0.3) is 28.0 Å². The predicted octanol–water partition coefficient (Wildman–Crippen LogP) is 3.08. The van der Waals surface area contributed by atoms with Crippen LogP contribution in [0.5, 0.6) is 5.75 Å². The number of thiazole rings is 1. The van der Waals surface area contributed by atoms with Crippen LogP contribution >= 0.6 is 11.3 Å². The molecule has 0 radical (unpaired) electrons. The van der Waals surface area contributed by atoms with Gasteiger partial charge in [-0.05, 0) is 34.5 Å². The molecule has 2 aliphatic rings. The summed E-state index contributed by atoms with van der Waals surface area (Å²) in [5, 5.41) is 16.3. The molecule has 40 heavy (non-hydrogen) atoms. The van der Waals surface area contributed by atoms with Gasteiger partial charge in [-0.1, -0.05) is 23.3 Å². The molecule has 206 valence electrons. The van der Waals surface area contributed by atoms with Crippen molar-refractivity contribution in [2.24, 2.45) is 0 Å². The minimum absolute atomic E-state index is 0.391. The highest BCUT2D eigenvalue weighted by Gasteiger charge is 2.25. The Balaban J connectivity index is 1.04. The second-order valence-electron chi connectivity index (χ2n) is 9.69. The predicted molar refractivity (Wildman–Crippen MR) is 150 cm³/mol. The molecule has 2 aliphatic heterocycles. The van der Waals surface area contributed by atoms with Crippen molar-refractivity contribution in [1.82, 2.24) is 40.1 Å². The number of nitrogens with one attached hydrogen (secondary N) is 1. The van der Waals surface area contributed by atoms with E-state index in [4.69, 9.17) is 19.2 Å². The number of hydrogen-bond acceptors (Lipinski definition) is 11. The molecule has 0 aliphatic carbocycles. The van der Waals surface area contributed by atoms with Crippen LogP contribution in [-0.4, -0.2) is 93.1 Å². The summed E-state index contributed by atoms with van der Waals surface area (Å²) in [6.45, 7) is 5.70. The Morgan fingerprint density at radius 3 is 2.73 bits per heavy atom. The van der Waals surface area contributed by atoms with Gasteiger partial charge in [0, 0.05) is 49.7 Å². The summed E-state index contributed by atoms with van der Waals surface area (Å²) in [7, 11) is 1.69. The van der Waals surface area contributed by atoms with Gasteiger partial charge in [-0.15, -0.1) is 11.3 Å². The summed E-state index contributed by atoms with van der Waals surface area (Å²) >= 11 is 1.52. The van der Waals surface area contributed by atoms with Crippen LogP contribution in [0.4, 0.5) is 5.95 Å². The monoisotopic (exact) mass is 559 g/mol. The number of benzene rings is 1. The van der Waals surface area contributed by atoms with Gasteiger partial charge in [0.25, 0.3) is 0 Å². The number of aromatic amines is 1. The number of rotatable bonds is 8. The molecule has 0 spiro atoms. The molecule has 0 bridgehead atoms. The topological polar surface area (TPSA) is 119 Å². The zero-order chi connectivity index (χ0) is 26.9. The number of tetrazole rings is 1. The lowest BCUT2D eigenvalue weighted by atomic mass is 10.1. The number of methoxy groups -OCH3 is 1. The molecule has 0 atom stereocenters. The first-order chi connectivity index (χ1) is 19.8. The lowest BCUT2D eigenvalue weighted by Crippen LogP contribution is -2.47. The zero-order valence-electron chi connectivity index (χ0n) is 22.1. The fourth-order valence-corrected chi connectivity index (χ4v) is 6.10. The van der Waals surface area contributed by atoms with Crippen molar-refractivity contribution in [3.63, 3.8) is 0 Å². The first kappa shape index (κ1) is 25.1. The fourth-order valence-electron chi connectivity index (χ4n) is 5.30. The van der Waals surface area contributed by atoms with E-state index >= 15 is 0 Å². The number of para-hydroxylation sites is 1. The molecule has 0 unspecified atom stereocenters. The lowest BCUT2D eigenvalue weighted by Gasteiger charge is -2.34. The third kappa shape index (κ3) is 4.70. The van der Waals surface area contributed by atoms with Gasteiger partial charge in [-0.2, -0.15) is 4.68 Å². The quantitative estimate of drug-likeness (QED) is 0.304. The minimum atomic E-state index is -0.391. The van der Waals surface area contributed by atoms with Crippen molar-refractivity contribution in [2.45, 2.75) is 12.7 Å². The number of piperazine rings is 1. The Hall–Kier alpha value is -3.91. The summed E-state index contributed by atoms with van der Waals surface area (Å²) in [5.74, 6) is 1.54. The Morgan fingerprint density at radius 1 is 1.10 bits per heavy atom. The van der Waals surface area contributed by atoms with E-state index in [0.29, 0.717) is 13.2 Å². The first-order valence-corrected chi connectivity index (χ1v) is 14.2. The second kappa shape index (κ2) is 10.9. The highest BCUT2D eigenvalue weighted by Crippen LogP contribution is 2.36. The summed E-state index contributed by atoms with van der Waals surface area (Å²) in [6.07, 6.45) is 4.34. The van der Waals surface area contributed by atoms with E-state index in [2.05, 4.69) is 41.5 Å². The molecule has 2 saturated heterocycles. The van der Waals surface area contributed by atoms with Gasteiger partial charge in [0.05, 0.1) is 37.7 Å². The van der Waals surface area contributed by atoms with Gasteiger partial charge in [-0.3, -0.25) is 4.90 Å². The maximum atomic E-state index is 5.72. The molecule has 0 saturated carbocycles. The van der Waals surface area contributed by atoms with Crippen LogP contribution in [-0.2, 0) is 15.9 Å². The number of anilines is 1. The lowest BCUT2D eigenvalue weighted by molar-refractivity contribution is -0.0441. The average molecular weight is 560 g/mol. The van der Waals surface area contributed by atoms with Crippen LogP contribution in [0.3, 0.4) is 0 Å². The van der Waals surface area contributed by atoms with Crippen molar-refractivity contribution in [3.05, 3.63) is 58.7 Å². The Morgan fingerprint density at radius 2 is 1.93 bits per heavy atom. The molecule has 13 heteroatoms. The van der Waals surface area contributed by atoms with Crippen LogP contribution in [0, 0.1) is 0 Å². The summed E-state index contributed by atoms with van der Waals surface area (Å²) in [4.78, 5) is 17.6. The summed E-state index contributed by atoms with van der Waals surface area (Å²) < 4.78 is 18.8. The van der Waals surface area contributed by atoms with Gasteiger partial charge < -0.3 is 24.1 Å². The third-order valence-electron chi connectivity index (χ3n) is 7.37. The molecule has 1 aromatic carbocycles. The highest BCUT2D eigenvalue weighted by molar-refractivity contribution is 7.10. The SMILES string of the molecule is COc1cnc(-c2csc(C3OCCO3)n2)c2[nH]cc(CCN3CCN(c4nnnn4-c4ccccc4)CC3)c12. The molecule has 5 aromatic rings. The number of ether oxygens (including phenoxy) is 3. The van der Waals surface area contributed by atoms with E-state index < -0.39 is 6.29 Å². The Labute approximate surface area is 234 Å². The van der Waals surface area contributed by atoms with Crippen LogP contribution in [0.2, 0.25) is 0 Å². The van der Waals surface area contributed by atoms with Crippen LogP contribution < -0.4 is 9.64 Å². The summed E-state index contributed by atoms with van der Waals surface area (Å²) in [5.41, 5.74) is 4.68. The maximum Gasteiger partial charge on any atom is 0.250 e. The van der Waals surface area contributed by atoms with Crippen molar-refractivity contribution in [3.8, 4) is 22.8 Å². The van der Waals surface area contributed by atoms with Crippen LogP contribution in [0.15, 0.2) is 48.1 Å².